The van der Waals surface area contributed by atoms with E-state index in [0.717, 1.165) is 29.1 Å². The maximum absolute atomic E-state index is 12.9. The number of carbonyl (C=O) groups is 1. The topological polar surface area (TPSA) is 79.4 Å². The van der Waals surface area contributed by atoms with Gasteiger partial charge < -0.3 is 5.32 Å². The maximum Gasteiger partial charge on any atom is 0.257 e. The Balaban J connectivity index is 1.59. The second-order valence-electron chi connectivity index (χ2n) is 7.04. The number of amides is 1. The van der Waals surface area contributed by atoms with E-state index in [1.165, 1.54) is 22.5 Å². The normalized spacial score (nSPS) is 14.7. The van der Waals surface area contributed by atoms with Crippen molar-refractivity contribution in [3.8, 4) is 11.3 Å². The van der Waals surface area contributed by atoms with Gasteiger partial charge in [0.05, 0.1) is 26.2 Å². The van der Waals surface area contributed by atoms with Gasteiger partial charge in [0.25, 0.3) is 5.91 Å². The molecule has 6 nitrogen and oxygen atoms in total. The van der Waals surface area contributed by atoms with Crippen molar-refractivity contribution in [2.75, 3.05) is 18.4 Å². The van der Waals surface area contributed by atoms with E-state index in [1.807, 2.05) is 30.5 Å². The SMILES string of the molecule is Cc1nc(-c2cccc(NC(=O)c3cc(S(=O)(=O)N4CCCC4)ccc3Cl)c2)cs1. The van der Waals surface area contributed by atoms with E-state index in [4.69, 9.17) is 11.6 Å². The number of rotatable bonds is 5. The highest BCUT2D eigenvalue weighted by Gasteiger charge is 2.28. The zero-order valence-electron chi connectivity index (χ0n) is 16.3. The average Bonchev–Trinajstić information content (AvgIpc) is 3.40. The van der Waals surface area contributed by atoms with Gasteiger partial charge in [-0.25, -0.2) is 13.4 Å². The van der Waals surface area contributed by atoms with E-state index in [0.29, 0.717) is 18.8 Å². The van der Waals surface area contributed by atoms with E-state index in [2.05, 4.69) is 10.3 Å². The number of hydrogen-bond acceptors (Lipinski definition) is 5. The van der Waals surface area contributed by atoms with Gasteiger partial charge in [0.15, 0.2) is 0 Å². The van der Waals surface area contributed by atoms with Crippen LogP contribution in [0.15, 0.2) is 52.7 Å². The predicted molar refractivity (Wildman–Crippen MR) is 120 cm³/mol. The number of hydrogen-bond donors (Lipinski definition) is 1. The molecule has 0 atom stereocenters. The molecule has 1 aliphatic rings. The third-order valence-electron chi connectivity index (χ3n) is 4.92. The number of benzene rings is 2. The molecule has 1 aliphatic heterocycles. The summed E-state index contributed by atoms with van der Waals surface area (Å²) < 4.78 is 27.1. The van der Waals surface area contributed by atoms with Crippen molar-refractivity contribution in [3.05, 3.63) is 63.4 Å². The van der Waals surface area contributed by atoms with Gasteiger partial charge in [0.1, 0.15) is 0 Å². The van der Waals surface area contributed by atoms with Crippen LogP contribution in [-0.2, 0) is 10.0 Å². The fourth-order valence-electron chi connectivity index (χ4n) is 3.37. The van der Waals surface area contributed by atoms with Crippen LogP contribution in [-0.4, -0.2) is 36.7 Å². The zero-order valence-corrected chi connectivity index (χ0v) is 18.6. The molecule has 0 spiro atoms. The summed E-state index contributed by atoms with van der Waals surface area (Å²) in [5.41, 5.74) is 2.41. The fourth-order valence-corrected chi connectivity index (χ4v) is 5.74. The zero-order chi connectivity index (χ0) is 21.3. The van der Waals surface area contributed by atoms with Gasteiger partial charge in [-0.3, -0.25) is 4.79 Å². The van der Waals surface area contributed by atoms with E-state index in [1.54, 1.807) is 17.4 Å². The maximum atomic E-state index is 12.9. The van der Waals surface area contributed by atoms with Crippen molar-refractivity contribution < 1.29 is 13.2 Å². The Hall–Kier alpha value is -2.26. The molecule has 1 N–H and O–H groups in total. The van der Waals surface area contributed by atoms with Gasteiger partial charge in [0.2, 0.25) is 10.0 Å². The van der Waals surface area contributed by atoms with Gasteiger partial charge in [-0.2, -0.15) is 4.31 Å². The number of sulfonamides is 1. The number of halogens is 1. The first-order valence-electron chi connectivity index (χ1n) is 9.48. The molecule has 3 aromatic rings. The van der Waals surface area contributed by atoms with Crippen molar-refractivity contribution in [1.29, 1.82) is 0 Å². The van der Waals surface area contributed by atoms with Gasteiger partial charge in [0, 0.05) is 29.7 Å². The molecular formula is C21H20ClN3O3S2. The Kier molecular flexibility index (Phi) is 5.92. The van der Waals surface area contributed by atoms with Crippen molar-refractivity contribution in [1.82, 2.24) is 9.29 Å². The second kappa shape index (κ2) is 8.47. The first-order chi connectivity index (χ1) is 14.3. The van der Waals surface area contributed by atoms with Crippen LogP contribution < -0.4 is 5.32 Å². The summed E-state index contributed by atoms with van der Waals surface area (Å²) in [6.07, 6.45) is 1.68. The lowest BCUT2D eigenvalue weighted by Crippen LogP contribution is -2.28. The van der Waals surface area contributed by atoms with Gasteiger partial charge in [-0.05, 0) is 50.1 Å². The number of nitrogens with one attached hydrogen (secondary N) is 1. The minimum absolute atomic E-state index is 0.0747. The molecule has 9 heteroatoms. The summed E-state index contributed by atoms with van der Waals surface area (Å²) in [6, 6.07) is 11.6. The highest BCUT2D eigenvalue weighted by molar-refractivity contribution is 7.89. The molecule has 1 amide bonds. The smallest absolute Gasteiger partial charge is 0.257 e. The molecule has 0 saturated carbocycles. The molecule has 1 saturated heterocycles. The summed E-state index contributed by atoms with van der Waals surface area (Å²) in [5, 5.41) is 5.92. The van der Waals surface area contributed by atoms with Gasteiger partial charge in [-0.15, -0.1) is 11.3 Å². The predicted octanol–water partition coefficient (Wildman–Crippen LogP) is 4.81. The summed E-state index contributed by atoms with van der Waals surface area (Å²) in [4.78, 5) is 17.4. The van der Waals surface area contributed by atoms with Crippen LogP contribution in [0.5, 0.6) is 0 Å². The van der Waals surface area contributed by atoms with E-state index < -0.39 is 15.9 Å². The number of thiazole rings is 1. The number of aryl methyl sites for hydroxylation is 1. The standard InChI is InChI=1S/C21H20ClN3O3S2/c1-14-23-20(13-29-14)15-5-4-6-16(11-15)24-21(26)18-12-17(7-8-19(18)22)30(27,28)25-9-2-3-10-25/h4-8,11-13H,2-3,9-10H2,1H3,(H,24,26). The molecule has 0 radical (unpaired) electrons. The first-order valence-corrected chi connectivity index (χ1v) is 12.2. The molecule has 0 aliphatic carbocycles. The van der Waals surface area contributed by atoms with Gasteiger partial charge in [-0.1, -0.05) is 23.7 Å². The Bertz CT molecular complexity index is 1200. The lowest BCUT2D eigenvalue weighted by molar-refractivity contribution is 0.102. The number of nitrogens with zero attached hydrogens (tertiary/aromatic N) is 2. The largest absolute Gasteiger partial charge is 0.322 e. The van der Waals surface area contributed by atoms with E-state index in [-0.39, 0.29) is 15.5 Å². The van der Waals surface area contributed by atoms with Crippen LogP contribution >= 0.6 is 22.9 Å². The Morgan fingerprint density at radius 3 is 2.63 bits per heavy atom. The van der Waals surface area contributed by atoms with Crippen LogP contribution in [0.4, 0.5) is 5.69 Å². The molecule has 0 bridgehead atoms. The van der Waals surface area contributed by atoms with Crippen molar-refractivity contribution >= 4 is 44.6 Å². The Labute approximate surface area is 184 Å². The quantitative estimate of drug-likeness (QED) is 0.591. The van der Waals surface area contributed by atoms with Crippen molar-refractivity contribution in [2.24, 2.45) is 0 Å². The fraction of sp³-hybridized carbons (Fsp3) is 0.238. The second-order valence-corrected chi connectivity index (χ2v) is 10.4. The summed E-state index contributed by atoms with van der Waals surface area (Å²) in [6.45, 7) is 2.93. The first kappa shape index (κ1) is 21.0. The Morgan fingerprint density at radius 2 is 1.93 bits per heavy atom. The number of anilines is 1. The third-order valence-corrected chi connectivity index (χ3v) is 7.92. The molecule has 1 aromatic heterocycles. The minimum atomic E-state index is -3.64. The van der Waals surface area contributed by atoms with Crippen LogP contribution in [0.2, 0.25) is 5.02 Å². The third kappa shape index (κ3) is 4.27. The summed E-state index contributed by atoms with van der Waals surface area (Å²) in [7, 11) is -3.64. The molecular weight excluding hydrogens is 442 g/mol. The molecule has 2 aromatic carbocycles. The molecule has 0 unspecified atom stereocenters. The molecule has 4 rings (SSSR count). The lowest BCUT2D eigenvalue weighted by atomic mass is 10.1. The Morgan fingerprint density at radius 1 is 1.17 bits per heavy atom. The van der Waals surface area contributed by atoms with Crippen molar-refractivity contribution in [2.45, 2.75) is 24.7 Å². The molecule has 156 valence electrons. The average molecular weight is 462 g/mol. The monoisotopic (exact) mass is 461 g/mol. The molecule has 2 heterocycles. The summed E-state index contributed by atoms with van der Waals surface area (Å²) >= 11 is 7.77. The molecule has 1 fully saturated rings. The number of aromatic nitrogens is 1. The van der Waals surface area contributed by atoms with Crippen LogP contribution in [0, 0.1) is 6.92 Å². The highest BCUT2D eigenvalue weighted by atomic mass is 35.5. The van der Waals surface area contributed by atoms with Gasteiger partial charge >= 0.3 is 0 Å². The van der Waals surface area contributed by atoms with Crippen molar-refractivity contribution in [3.63, 3.8) is 0 Å². The number of carbonyl (C=O) groups excluding carboxylic acids is 1. The van der Waals surface area contributed by atoms with E-state index in [9.17, 15) is 13.2 Å². The molecule has 30 heavy (non-hydrogen) atoms. The van der Waals surface area contributed by atoms with Crippen LogP contribution in [0.3, 0.4) is 0 Å². The minimum Gasteiger partial charge on any atom is -0.322 e. The van der Waals surface area contributed by atoms with E-state index >= 15 is 0 Å². The lowest BCUT2D eigenvalue weighted by Gasteiger charge is -2.16. The van der Waals surface area contributed by atoms with Crippen LogP contribution in [0.1, 0.15) is 28.2 Å². The highest BCUT2D eigenvalue weighted by Crippen LogP contribution is 2.27. The summed E-state index contributed by atoms with van der Waals surface area (Å²) in [5.74, 6) is -0.468. The van der Waals surface area contributed by atoms with Crippen LogP contribution in [0.25, 0.3) is 11.3 Å².